The average molecular weight is 166 g/mol. The van der Waals surface area contributed by atoms with E-state index >= 15 is 0 Å². The Hall–Kier alpha value is 0.271. The number of hydrogen-bond acceptors (Lipinski definition) is 3. The Labute approximate surface area is 53.3 Å². The van der Waals surface area contributed by atoms with Gasteiger partial charge >= 0.3 is 8.32 Å². The Morgan fingerprint density at radius 3 is 1.88 bits per heavy atom. The fourth-order valence-electron chi connectivity index (χ4n) is 0.158. The molecular formula is C2H10O3Si3. The van der Waals surface area contributed by atoms with Crippen molar-refractivity contribution in [1.82, 2.24) is 0 Å². The average Bonchev–Trinajstić information content (AvgIpc) is 1.62. The molecule has 1 unspecified atom stereocenters. The fraction of sp³-hybridized carbons (Fsp3) is 0. The highest BCUT2D eigenvalue weighted by Gasteiger charge is 2.33. The van der Waals surface area contributed by atoms with Gasteiger partial charge in [-0.05, 0) is 0 Å². The normalized spacial score (nSPS) is 15.9. The van der Waals surface area contributed by atoms with Crippen LogP contribution < -0.4 is 0 Å². The molecule has 1 atom stereocenters. The molecule has 0 rings (SSSR count). The summed E-state index contributed by atoms with van der Waals surface area (Å²) in [6, 6.07) is 0. The van der Waals surface area contributed by atoms with Gasteiger partial charge in [0.15, 0.2) is 0 Å². The van der Waals surface area contributed by atoms with Gasteiger partial charge in [0.25, 0.3) is 0 Å². The molecule has 0 amide bonds. The third-order valence-corrected chi connectivity index (χ3v) is 15.7. The van der Waals surface area contributed by atoms with Crippen LogP contribution in [0.25, 0.3) is 0 Å². The molecule has 0 saturated carbocycles. The summed E-state index contributed by atoms with van der Waals surface area (Å²) in [4.78, 5) is 25.7. The maximum atomic E-state index is 8.56. The third-order valence-electron chi connectivity index (χ3n) is 0.964. The SMILES string of the molecule is C=C[SiH]([SiH3])[Si](O)(O)O. The lowest BCUT2D eigenvalue weighted by Crippen LogP contribution is -2.52. The van der Waals surface area contributed by atoms with Crippen LogP contribution in [-0.4, -0.2) is 40.3 Å². The van der Waals surface area contributed by atoms with E-state index in [2.05, 4.69) is 6.58 Å². The Morgan fingerprint density at radius 2 is 1.88 bits per heavy atom. The minimum atomic E-state index is -3.68. The quantitative estimate of drug-likeness (QED) is 0.379. The lowest BCUT2D eigenvalue weighted by atomic mass is 11.3. The van der Waals surface area contributed by atoms with Crippen molar-refractivity contribution in [3.05, 3.63) is 12.3 Å². The van der Waals surface area contributed by atoms with Crippen LogP contribution in [0.5, 0.6) is 0 Å². The first-order valence-electron chi connectivity index (χ1n) is 2.28. The molecule has 3 N–H and O–H groups in total. The molecule has 0 aromatic heterocycles. The van der Waals surface area contributed by atoms with Gasteiger partial charge < -0.3 is 14.4 Å². The molecule has 0 saturated heterocycles. The topological polar surface area (TPSA) is 60.7 Å². The maximum absolute atomic E-state index is 8.56. The zero-order chi connectivity index (χ0) is 6.78. The minimum absolute atomic E-state index is 0.681. The van der Waals surface area contributed by atoms with Crippen molar-refractivity contribution in [2.24, 2.45) is 0 Å². The van der Waals surface area contributed by atoms with E-state index in [-0.39, 0.29) is 0 Å². The van der Waals surface area contributed by atoms with Crippen molar-refractivity contribution in [2.75, 3.05) is 0 Å². The Balaban J connectivity index is 3.80. The largest absolute Gasteiger partial charge is 0.459 e. The number of hydrogen-bond donors (Lipinski definition) is 3. The Bertz CT molecular complexity index is 87.0. The molecule has 0 aliphatic carbocycles. The predicted molar refractivity (Wildman–Crippen MR) is 39.7 cm³/mol. The highest BCUT2D eigenvalue weighted by Crippen LogP contribution is 1.89. The lowest BCUT2D eigenvalue weighted by Gasteiger charge is -2.11. The highest BCUT2D eigenvalue weighted by molar-refractivity contribution is 7.43. The lowest BCUT2D eigenvalue weighted by molar-refractivity contribution is 0.259. The van der Waals surface area contributed by atoms with Crippen molar-refractivity contribution in [3.8, 4) is 0 Å². The van der Waals surface area contributed by atoms with E-state index in [1.807, 2.05) is 0 Å². The van der Waals surface area contributed by atoms with E-state index in [0.717, 1.165) is 0 Å². The van der Waals surface area contributed by atoms with Crippen molar-refractivity contribution in [3.63, 3.8) is 0 Å². The second-order valence-corrected chi connectivity index (χ2v) is 17.4. The molecule has 0 bridgehead atoms. The first-order valence-corrected chi connectivity index (χ1v) is 11.2. The zero-order valence-corrected chi connectivity index (χ0v) is 8.86. The first kappa shape index (κ1) is 8.27. The summed E-state index contributed by atoms with van der Waals surface area (Å²) in [7, 11) is -4.66. The molecule has 6 heteroatoms. The van der Waals surface area contributed by atoms with Crippen LogP contribution in [0, 0.1) is 0 Å². The smallest absolute Gasteiger partial charge is 0.393 e. The van der Waals surface area contributed by atoms with Gasteiger partial charge in [-0.1, -0.05) is 0 Å². The van der Waals surface area contributed by atoms with Gasteiger partial charge in [0.05, 0.1) is 0 Å². The summed E-state index contributed by atoms with van der Waals surface area (Å²) in [5.41, 5.74) is 1.51. The van der Waals surface area contributed by atoms with Crippen molar-refractivity contribution >= 4 is 25.9 Å². The van der Waals surface area contributed by atoms with Crippen LogP contribution in [0.4, 0.5) is 0 Å². The van der Waals surface area contributed by atoms with E-state index in [0.29, 0.717) is 9.76 Å². The summed E-state index contributed by atoms with van der Waals surface area (Å²) in [6.45, 7) is 3.38. The molecule has 0 aliphatic rings. The summed E-state index contributed by atoms with van der Waals surface area (Å²) in [5.74, 6) is 0. The van der Waals surface area contributed by atoms with Crippen LogP contribution in [0.3, 0.4) is 0 Å². The summed E-state index contributed by atoms with van der Waals surface area (Å²) < 4.78 is 0. The van der Waals surface area contributed by atoms with Gasteiger partial charge in [0.1, 0.15) is 7.83 Å². The van der Waals surface area contributed by atoms with Crippen LogP contribution in [0.15, 0.2) is 12.3 Å². The van der Waals surface area contributed by atoms with Gasteiger partial charge in [-0.3, -0.25) is 0 Å². The molecule has 48 valence electrons. The van der Waals surface area contributed by atoms with Gasteiger partial charge in [0, 0.05) is 9.76 Å². The summed E-state index contributed by atoms with van der Waals surface area (Å²) in [5, 5.41) is 0. The first-order chi connectivity index (χ1) is 3.48. The van der Waals surface area contributed by atoms with E-state index in [1.54, 1.807) is 0 Å². The van der Waals surface area contributed by atoms with Crippen molar-refractivity contribution in [1.29, 1.82) is 0 Å². The standard InChI is InChI=1S/C2H10O3Si3/c1-2-7(6)8(3,4)5/h2-5,7H,1H2,6H3. The summed E-state index contributed by atoms with van der Waals surface area (Å²) in [6.07, 6.45) is 0. The summed E-state index contributed by atoms with van der Waals surface area (Å²) >= 11 is 0. The second kappa shape index (κ2) is 2.71. The molecule has 3 nitrogen and oxygen atoms in total. The zero-order valence-electron chi connectivity index (χ0n) is 4.70. The number of rotatable bonds is 2. The Morgan fingerprint density at radius 1 is 1.50 bits per heavy atom. The maximum Gasteiger partial charge on any atom is 0.459 e. The van der Waals surface area contributed by atoms with Gasteiger partial charge in [-0.15, -0.1) is 12.3 Å². The van der Waals surface area contributed by atoms with E-state index in [9.17, 15) is 0 Å². The van der Waals surface area contributed by atoms with E-state index in [4.69, 9.17) is 14.4 Å². The van der Waals surface area contributed by atoms with Gasteiger partial charge in [0.2, 0.25) is 0 Å². The van der Waals surface area contributed by atoms with Crippen molar-refractivity contribution < 1.29 is 14.4 Å². The Kier molecular flexibility index (Phi) is 2.80. The monoisotopic (exact) mass is 166 g/mol. The van der Waals surface area contributed by atoms with Crippen molar-refractivity contribution in [2.45, 2.75) is 0 Å². The van der Waals surface area contributed by atoms with Gasteiger partial charge in [-0.2, -0.15) is 0 Å². The second-order valence-electron chi connectivity index (χ2n) is 1.71. The molecule has 8 heavy (non-hydrogen) atoms. The van der Waals surface area contributed by atoms with Crippen LogP contribution >= 0.6 is 0 Å². The van der Waals surface area contributed by atoms with E-state index in [1.165, 1.54) is 5.70 Å². The molecule has 0 fully saturated rings. The third kappa shape index (κ3) is 2.55. The predicted octanol–water partition coefficient (Wildman–Crippen LogP) is -3.21. The molecular weight excluding hydrogens is 156 g/mol. The minimum Gasteiger partial charge on any atom is -0.393 e. The molecule has 0 spiro atoms. The van der Waals surface area contributed by atoms with E-state index < -0.39 is 16.2 Å². The highest BCUT2D eigenvalue weighted by atomic mass is 29.6. The fourth-order valence-corrected chi connectivity index (χ4v) is 1.42. The van der Waals surface area contributed by atoms with Crippen LogP contribution in [0.2, 0.25) is 0 Å². The van der Waals surface area contributed by atoms with Gasteiger partial charge in [-0.25, -0.2) is 0 Å². The van der Waals surface area contributed by atoms with Crippen LogP contribution in [0.1, 0.15) is 0 Å². The molecule has 0 aliphatic heterocycles. The van der Waals surface area contributed by atoms with Crippen LogP contribution in [-0.2, 0) is 0 Å². The molecule has 0 aromatic carbocycles. The molecule has 0 radical (unpaired) electrons. The molecule has 0 heterocycles. The molecule has 0 aromatic rings.